The Bertz CT molecular complexity index is 221. The number of hydrogen-bond acceptors (Lipinski definition) is 3. The van der Waals surface area contributed by atoms with Gasteiger partial charge in [-0.2, -0.15) is 0 Å². The van der Waals surface area contributed by atoms with Gasteiger partial charge in [0, 0.05) is 38.8 Å². The van der Waals surface area contributed by atoms with Crippen molar-refractivity contribution in [2.75, 3.05) is 33.4 Å². The van der Waals surface area contributed by atoms with Crippen LogP contribution in [0.25, 0.3) is 0 Å². The fourth-order valence-electron chi connectivity index (χ4n) is 2.81. The van der Waals surface area contributed by atoms with Gasteiger partial charge in [-0.3, -0.25) is 4.90 Å². The maximum Gasteiger partial charge on any atom is 0.0589 e. The highest BCUT2D eigenvalue weighted by Gasteiger charge is 2.29. The van der Waals surface area contributed by atoms with Crippen molar-refractivity contribution in [2.45, 2.75) is 52.6 Å². The van der Waals surface area contributed by atoms with Crippen LogP contribution in [0.5, 0.6) is 0 Å². The predicted octanol–water partition coefficient (Wildman–Crippen LogP) is 2.37. The number of methoxy groups -OCH3 is 1. The molecule has 3 heteroatoms. The average Bonchev–Trinajstić information content (AvgIpc) is 2.36. The first-order valence-electron chi connectivity index (χ1n) is 7.54. The lowest BCUT2D eigenvalue weighted by atomic mass is 9.93. The fraction of sp³-hybridized carbons (Fsp3) is 1.00. The molecule has 0 radical (unpaired) electrons. The highest BCUT2D eigenvalue weighted by Crippen LogP contribution is 2.19. The predicted molar refractivity (Wildman–Crippen MR) is 77.9 cm³/mol. The zero-order valence-electron chi connectivity index (χ0n) is 12.9. The number of nitrogens with zero attached hydrogens (tertiary/aromatic N) is 1. The Hall–Kier alpha value is -0.120. The summed E-state index contributed by atoms with van der Waals surface area (Å²) in [7, 11) is 1.80. The Morgan fingerprint density at radius 2 is 2.06 bits per heavy atom. The minimum absolute atomic E-state index is 0.648. The molecule has 3 unspecified atom stereocenters. The van der Waals surface area contributed by atoms with Crippen LogP contribution in [0.4, 0.5) is 0 Å². The van der Waals surface area contributed by atoms with E-state index in [-0.39, 0.29) is 0 Å². The SMILES string of the molecule is CCC(C)C1CN(CCOC)C(CC(C)C)CN1. The summed E-state index contributed by atoms with van der Waals surface area (Å²) in [5, 5.41) is 3.75. The van der Waals surface area contributed by atoms with Gasteiger partial charge in [0.25, 0.3) is 0 Å². The van der Waals surface area contributed by atoms with Crippen LogP contribution < -0.4 is 5.32 Å². The summed E-state index contributed by atoms with van der Waals surface area (Å²) in [6.45, 7) is 13.5. The lowest BCUT2D eigenvalue weighted by Crippen LogP contribution is -2.59. The smallest absolute Gasteiger partial charge is 0.0589 e. The third kappa shape index (κ3) is 4.87. The second kappa shape index (κ2) is 8.13. The van der Waals surface area contributed by atoms with Crippen molar-refractivity contribution in [1.29, 1.82) is 0 Å². The average molecular weight is 256 g/mol. The maximum absolute atomic E-state index is 5.26. The Morgan fingerprint density at radius 1 is 1.33 bits per heavy atom. The van der Waals surface area contributed by atoms with Crippen LogP contribution in [-0.4, -0.2) is 50.3 Å². The summed E-state index contributed by atoms with van der Waals surface area (Å²) in [6, 6.07) is 1.33. The summed E-state index contributed by atoms with van der Waals surface area (Å²) < 4.78 is 5.26. The number of piperazine rings is 1. The molecule has 0 aromatic carbocycles. The van der Waals surface area contributed by atoms with Crippen LogP contribution in [0.2, 0.25) is 0 Å². The van der Waals surface area contributed by atoms with Crippen molar-refractivity contribution in [3.63, 3.8) is 0 Å². The lowest BCUT2D eigenvalue weighted by Gasteiger charge is -2.43. The van der Waals surface area contributed by atoms with Crippen LogP contribution in [-0.2, 0) is 4.74 Å². The van der Waals surface area contributed by atoms with Crippen molar-refractivity contribution in [3.05, 3.63) is 0 Å². The highest BCUT2D eigenvalue weighted by atomic mass is 16.5. The van der Waals surface area contributed by atoms with E-state index in [2.05, 4.69) is 37.9 Å². The maximum atomic E-state index is 5.26. The highest BCUT2D eigenvalue weighted by molar-refractivity contribution is 4.88. The quantitative estimate of drug-likeness (QED) is 0.757. The molecule has 0 aliphatic carbocycles. The Kier molecular flexibility index (Phi) is 7.20. The summed E-state index contributed by atoms with van der Waals surface area (Å²) in [5.41, 5.74) is 0. The summed E-state index contributed by atoms with van der Waals surface area (Å²) >= 11 is 0. The van der Waals surface area contributed by atoms with Crippen molar-refractivity contribution >= 4 is 0 Å². The van der Waals surface area contributed by atoms with Gasteiger partial charge < -0.3 is 10.1 Å². The molecule has 0 aromatic heterocycles. The normalized spacial score (nSPS) is 27.7. The largest absolute Gasteiger partial charge is 0.383 e. The molecule has 3 atom stereocenters. The molecule has 3 nitrogen and oxygen atoms in total. The molecule has 18 heavy (non-hydrogen) atoms. The minimum atomic E-state index is 0.648. The van der Waals surface area contributed by atoms with Crippen LogP contribution in [0.3, 0.4) is 0 Å². The first-order valence-corrected chi connectivity index (χ1v) is 7.54. The van der Waals surface area contributed by atoms with E-state index in [0.717, 1.165) is 31.5 Å². The van der Waals surface area contributed by atoms with Crippen LogP contribution >= 0.6 is 0 Å². The molecule has 1 fully saturated rings. The van der Waals surface area contributed by atoms with E-state index in [1.807, 2.05) is 0 Å². The first-order chi connectivity index (χ1) is 8.58. The first kappa shape index (κ1) is 15.9. The molecule has 1 heterocycles. The molecule has 1 rings (SSSR count). The molecular weight excluding hydrogens is 224 g/mol. The van der Waals surface area contributed by atoms with E-state index < -0.39 is 0 Å². The van der Waals surface area contributed by atoms with Crippen molar-refractivity contribution in [2.24, 2.45) is 11.8 Å². The Labute approximate surface area is 113 Å². The van der Waals surface area contributed by atoms with Gasteiger partial charge in [-0.05, 0) is 18.3 Å². The van der Waals surface area contributed by atoms with E-state index in [9.17, 15) is 0 Å². The molecule has 0 spiro atoms. The molecule has 108 valence electrons. The zero-order valence-corrected chi connectivity index (χ0v) is 12.9. The number of hydrogen-bond donors (Lipinski definition) is 1. The molecule has 0 amide bonds. The van der Waals surface area contributed by atoms with E-state index in [4.69, 9.17) is 4.74 Å². The number of nitrogens with one attached hydrogen (secondary N) is 1. The number of rotatable bonds is 7. The molecule has 1 aliphatic heterocycles. The molecule has 1 aliphatic rings. The van der Waals surface area contributed by atoms with Crippen molar-refractivity contribution < 1.29 is 4.74 Å². The van der Waals surface area contributed by atoms with Gasteiger partial charge in [-0.1, -0.05) is 34.1 Å². The van der Waals surface area contributed by atoms with Gasteiger partial charge in [0.15, 0.2) is 0 Å². The molecule has 1 N–H and O–H groups in total. The zero-order chi connectivity index (χ0) is 13.5. The second-order valence-corrected chi connectivity index (χ2v) is 6.17. The monoisotopic (exact) mass is 256 g/mol. The molecule has 0 bridgehead atoms. The van der Waals surface area contributed by atoms with E-state index in [1.54, 1.807) is 7.11 Å². The van der Waals surface area contributed by atoms with Crippen LogP contribution in [0.1, 0.15) is 40.5 Å². The van der Waals surface area contributed by atoms with Crippen molar-refractivity contribution in [3.8, 4) is 0 Å². The van der Waals surface area contributed by atoms with Gasteiger partial charge in [0.05, 0.1) is 6.61 Å². The summed E-state index contributed by atoms with van der Waals surface area (Å²) in [6.07, 6.45) is 2.54. The minimum Gasteiger partial charge on any atom is -0.383 e. The van der Waals surface area contributed by atoms with E-state index in [0.29, 0.717) is 12.1 Å². The third-order valence-corrected chi connectivity index (χ3v) is 4.22. The Morgan fingerprint density at radius 3 is 2.61 bits per heavy atom. The van der Waals surface area contributed by atoms with Gasteiger partial charge >= 0.3 is 0 Å². The lowest BCUT2D eigenvalue weighted by molar-refractivity contribution is 0.0655. The van der Waals surface area contributed by atoms with Crippen molar-refractivity contribution in [1.82, 2.24) is 10.2 Å². The van der Waals surface area contributed by atoms with Crippen LogP contribution in [0.15, 0.2) is 0 Å². The van der Waals surface area contributed by atoms with E-state index in [1.165, 1.54) is 19.4 Å². The summed E-state index contributed by atoms with van der Waals surface area (Å²) in [4.78, 5) is 2.64. The topological polar surface area (TPSA) is 24.5 Å². The third-order valence-electron chi connectivity index (χ3n) is 4.22. The van der Waals surface area contributed by atoms with Gasteiger partial charge in [0.1, 0.15) is 0 Å². The number of ether oxygens (including phenoxy) is 1. The summed E-state index contributed by atoms with van der Waals surface area (Å²) in [5.74, 6) is 1.53. The van der Waals surface area contributed by atoms with Gasteiger partial charge in [-0.25, -0.2) is 0 Å². The Balaban J connectivity index is 2.54. The van der Waals surface area contributed by atoms with Gasteiger partial charge in [-0.15, -0.1) is 0 Å². The van der Waals surface area contributed by atoms with Crippen LogP contribution in [0, 0.1) is 11.8 Å². The standard InChI is InChI=1S/C15H32N2O/c1-6-13(4)15-11-17(7-8-18-5)14(10-16-15)9-12(2)3/h12-16H,6-11H2,1-5H3. The van der Waals surface area contributed by atoms with Gasteiger partial charge in [0.2, 0.25) is 0 Å². The molecule has 1 saturated heterocycles. The fourth-order valence-corrected chi connectivity index (χ4v) is 2.81. The molecule has 0 aromatic rings. The second-order valence-electron chi connectivity index (χ2n) is 6.17. The van der Waals surface area contributed by atoms with E-state index >= 15 is 0 Å². The molecule has 0 saturated carbocycles. The molecular formula is C15H32N2O.